The molecule has 0 aliphatic carbocycles. The predicted octanol–water partition coefficient (Wildman–Crippen LogP) is 2.90. The number of nitrogens with zero attached hydrogens (tertiary/aromatic N) is 4. The van der Waals surface area contributed by atoms with Gasteiger partial charge in [-0.3, -0.25) is 4.90 Å². The summed E-state index contributed by atoms with van der Waals surface area (Å²) in [5, 5.41) is 3.86. The first-order valence-electron chi connectivity index (χ1n) is 8.92. The molecule has 2 atom stereocenters. The van der Waals surface area contributed by atoms with Crippen molar-refractivity contribution in [3.63, 3.8) is 0 Å². The molecule has 2 unspecified atom stereocenters. The number of hydrogen-bond acceptors (Lipinski definition) is 6. The molecule has 8 nitrogen and oxygen atoms in total. The fourth-order valence-electron chi connectivity index (χ4n) is 3.58. The monoisotopic (exact) mass is 361 g/mol. The fourth-order valence-corrected chi connectivity index (χ4v) is 3.58. The Morgan fingerprint density at radius 3 is 2.69 bits per heavy atom. The molecule has 0 fully saturated rings. The molecular formula is C18H25N4O4+. The van der Waals surface area contributed by atoms with Crippen LogP contribution in [0.3, 0.4) is 0 Å². The highest BCUT2D eigenvalue weighted by Crippen LogP contribution is 2.35. The Morgan fingerprint density at radius 1 is 1.27 bits per heavy atom. The predicted molar refractivity (Wildman–Crippen MR) is 89.6 cm³/mol. The molecule has 0 radical (unpaired) electrons. The van der Waals surface area contributed by atoms with Gasteiger partial charge in [-0.2, -0.15) is 0 Å². The van der Waals surface area contributed by atoms with Gasteiger partial charge in [0.2, 0.25) is 18.6 Å². The summed E-state index contributed by atoms with van der Waals surface area (Å²) in [5.41, 5.74) is 1.65. The van der Waals surface area contributed by atoms with Gasteiger partial charge in [0.05, 0.1) is 30.9 Å². The minimum atomic E-state index is -0.509. The van der Waals surface area contributed by atoms with Crippen molar-refractivity contribution in [3.8, 4) is 0 Å². The summed E-state index contributed by atoms with van der Waals surface area (Å²) in [4.78, 5) is 16.3. The van der Waals surface area contributed by atoms with Crippen LogP contribution in [0.4, 0.5) is 4.79 Å². The van der Waals surface area contributed by atoms with E-state index in [0.29, 0.717) is 19.8 Å². The summed E-state index contributed by atoms with van der Waals surface area (Å²) in [7, 11) is 0. The Kier molecular flexibility index (Phi) is 3.83. The summed E-state index contributed by atoms with van der Waals surface area (Å²) in [6.07, 6.45) is 3.46. The van der Waals surface area contributed by atoms with Gasteiger partial charge in [0.25, 0.3) is 0 Å². The minimum Gasteiger partial charge on any atom is -0.444 e. The van der Waals surface area contributed by atoms with Crippen LogP contribution in [0.5, 0.6) is 0 Å². The third kappa shape index (κ3) is 2.88. The van der Waals surface area contributed by atoms with Gasteiger partial charge in [-0.25, -0.2) is 14.2 Å². The molecule has 4 heterocycles. The summed E-state index contributed by atoms with van der Waals surface area (Å²) in [6.45, 7) is 11.5. The molecule has 2 aromatic heterocycles. The Bertz CT molecular complexity index is 835. The number of fused-ring (bicyclic) bond motifs is 2. The van der Waals surface area contributed by atoms with E-state index in [1.165, 1.54) is 0 Å². The van der Waals surface area contributed by atoms with Crippen molar-refractivity contribution < 1.29 is 23.3 Å². The van der Waals surface area contributed by atoms with E-state index in [9.17, 15) is 4.79 Å². The van der Waals surface area contributed by atoms with Gasteiger partial charge < -0.3 is 9.26 Å². The number of amides is 1. The van der Waals surface area contributed by atoms with Crippen molar-refractivity contribution in [2.45, 2.75) is 72.1 Å². The van der Waals surface area contributed by atoms with Crippen LogP contribution >= 0.6 is 0 Å². The lowest BCUT2D eigenvalue weighted by Crippen LogP contribution is -2.42. The lowest BCUT2D eigenvalue weighted by molar-refractivity contribution is -0.878. The second-order valence-corrected chi connectivity index (χ2v) is 8.07. The average Bonchev–Trinajstić information content (AvgIpc) is 3.25. The highest BCUT2D eigenvalue weighted by molar-refractivity contribution is 5.69. The molecule has 0 bridgehead atoms. The molecule has 2 aliphatic heterocycles. The molecule has 2 aliphatic rings. The summed E-state index contributed by atoms with van der Waals surface area (Å²) < 4.78 is 18.6. The van der Waals surface area contributed by atoms with Gasteiger partial charge in [0, 0.05) is 11.6 Å². The van der Waals surface area contributed by atoms with Crippen molar-refractivity contribution in [2.75, 3.05) is 0 Å². The smallest absolute Gasteiger partial charge is 0.411 e. The van der Waals surface area contributed by atoms with Crippen molar-refractivity contribution in [1.29, 1.82) is 0 Å². The first kappa shape index (κ1) is 17.1. The SMILES string of the molecule is CC1c2cnoc2CN1C[n+]1cc2c(o1)CN(C(=O)OC(C)(C)C)C2C. The average molecular weight is 361 g/mol. The molecule has 0 saturated carbocycles. The molecule has 26 heavy (non-hydrogen) atoms. The van der Waals surface area contributed by atoms with E-state index < -0.39 is 5.60 Å². The Morgan fingerprint density at radius 2 is 2.04 bits per heavy atom. The normalized spacial score (nSPS) is 22.6. The van der Waals surface area contributed by atoms with Gasteiger partial charge in [0.1, 0.15) is 5.60 Å². The van der Waals surface area contributed by atoms with Crippen LogP contribution in [0, 0.1) is 0 Å². The molecule has 1 amide bonds. The van der Waals surface area contributed by atoms with Crippen molar-refractivity contribution in [1.82, 2.24) is 15.0 Å². The fraction of sp³-hybridized carbons (Fsp3) is 0.611. The van der Waals surface area contributed by atoms with Crippen molar-refractivity contribution in [2.24, 2.45) is 0 Å². The van der Waals surface area contributed by atoms with Gasteiger partial charge >= 0.3 is 6.09 Å². The number of carbonyl (C=O) groups is 1. The van der Waals surface area contributed by atoms with Crippen LogP contribution in [-0.2, 0) is 24.5 Å². The molecule has 0 spiro atoms. The zero-order chi connectivity index (χ0) is 18.6. The quantitative estimate of drug-likeness (QED) is 0.766. The maximum Gasteiger partial charge on any atom is 0.411 e. The highest BCUT2D eigenvalue weighted by atomic mass is 16.6. The second kappa shape index (κ2) is 5.84. The largest absolute Gasteiger partial charge is 0.444 e. The maximum absolute atomic E-state index is 12.4. The molecule has 0 N–H and O–H groups in total. The van der Waals surface area contributed by atoms with Crippen LogP contribution < -0.4 is 4.74 Å². The number of aromatic nitrogens is 2. The Hall–Kier alpha value is -2.35. The van der Waals surface area contributed by atoms with Crippen molar-refractivity contribution in [3.05, 3.63) is 35.0 Å². The van der Waals surface area contributed by atoms with E-state index >= 15 is 0 Å². The van der Waals surface area contributed by atoms with Crippen LogP contribution in [-0.4, -0.2) is 26.7 Å². The van der Waals surface area contributed by atoms with Gasteiger partial charge in [-0.05, 0) is 39.4 Å². The number of carbonyl (C=O) groups excluding carboxylic acids is 1. The highest BCUT2D eigenvalue weighted by Gasteiger charge is 2.41. The molecule has 140 valence electrons. The molecular weight excluding hydrogens is 336 g/mol. The third-order valence-corrected chi connectivity index (χ3v) is 5.03. The van der Waals surface area contributed by atoms with Crippen LogP contribution in [0.15, 0.2) is 21.4 Å². The van der Waals surface area contributed by atoms with E-state index in [-0.39, 0.29) is 18.2 Å². The topological polar surface area (TPSA) is 75.8 Å². The molecule has 2 aromatic rings. The first-order chi connectivity index (χ1) is 12.2. The lowest BCUT2D eigenvalue weighted by atomic mass is 10.2. The van der Waals surface area contributed by atoms with Gasteiger partial charge in [-0.15, -0.1) is 0 Å². The van der Waals surface area contributed by atoms with E-state index in [2.05, 4.69) is 17.0 Å². The Balaban J connectivity index is 1.44. The van der Waals surface area contributed by atoms with E-state index in [4.69, 9.17) is 13.8 Å². The summed E-state index contributed by atoms with van der Waals surface area (Å²) >= 11 is 0. The lowest BCUT2D eigenvalue weighted by Gasteiger charge is -2.26. The first-order valence-corrected chi connectivity index (χ1v) is 8.92. The summed E-state index contributed by atoms with van der Waals surface area (Å²) in [5.74, 6) is 1.73. The second-order valence-electron chi connectivity index (χ2n) is 8.07. The van der Waals surface area contributed by atoms with Crippen LogP contribution in [0.25, 0.3) is 0 Å². The zero-order valence-electron chi connectivity index (χ0n) is 15.9. The van der Waals surface area contributed by atoms with Gasteiger partial charge in [-0.1, -0.05) is 5.16 Å². The van der Waals surface area contributed by atoms with E-state index in [1.807, 2.05) is 38.6 Å². The van der Waals surface area contributed by atoms with E-state index in [1.54, 1.807) is 11.1 Å². The standard InChI is InChI=1S/C18H25N4O4/c1-11-13-6-19-25-15(13)8-20(11)10-21-7-14-12(2)22(9-16(14)26-21)17(23)24-18(3,4)5/h6-7,11-12H,8-10H2,1-5H3/q+1. The molecule has 4 rings (SSSR count). The minimum absolute atomic E-state index is 0.0700. The van der Waals surface area contributed by atoms with Crippen LogP contribution in [0.1, 0.15) is 69.3 Å². The Labute approximate surface area is 152 Å². The van der Waals surface area contributed by atoms with Crippen molar-refractivity contribution >= 4 is 6.09 Å². The summed E-state index contributed by atoms with van der Waals surface area (Å²) in [6, 6.07) is 0.166. The van der Waals surface area contributed by atoms with Gasteiger partial charge in [0.15, 0.2) is 5.76 Å². The third-order valence-electron chi connectivity index (χ3n) is 5.03. The molecule has 0 aromatic carbocycles. The molecule has 8 heteroatoms. The van der Waals surface area contributed by atoms with Crippen LogP contribution in [0.2, 0.25) is 0 Å². The zero-order valence-corrected chi connectivity index (χ0v) is 15.9. The number of ether oxygens (including phenoxy) is 1. The number of rotatable bonds is 2. The van der Waals surface area contributed by atoms with E-state index in [0.717, 1.165) is 22.6 Å². The number of hydrogen-bond donors (Lipinski definition) is 0. The maximum atomic E-state index is 12.4. The molecule has 0 saturated heterocycles.